The molecule has 0 saturated heterocycles. The molecule has 1 fully saturated rings. The summed E-state index contributed by atoms with van der Waals surface area (Å²) in [4.78, 5) is 25.6. The molecule has 0 aromatic rings. The Hall–Kier alpha value is -1.32. The molecule has 0 heterocycles. The van der Waals surface area contributed by atoms with Crippen molar-refractivity contribution in [2.75, 3.05) is 7.05 Å². The van der Waals surface area contributed by atoms with Crippen molar-refractivity contribution in [2.45, 2.75) is 44.1 Å². The van der Waals surface area contributed by atoms with E-state index in [-0.39, 0.29) is 17.7 Å². The van der Waals surface area contributed by atoms with Gasteiger partial charge < -0.3 is 10.6 Å². The molecule has 4 heteroatoms. The van der Waals surface area contributed by atoms with Crippen LogP contribution in [0.25, 0.3) is 0 Å². The van der Waals surface area contributed by atoms with Crippen molar-refractivity contribution >= 4 is 11.8 Å². The van der Waals surface area contributed by atoms with E-state index in [0.717, 1.165) is 25.7 Å². The predicted octanol–water partition coefficient (Wildman–Crippen LogP) is 1.21. The van der Waals surface area contributed by atoms with Gasteiger partial charge in [0, 0.05) is 13.0 Å². The first kappa shape index (κ1) is 12.1. The zero-order valence-corrected chi connectivity index (χ0v) is 10.3. The highest BCUT2D eigenvalue weighted by atomic mass is 16.2. The maximum Gasteiger partial charge on any atom is 0.243 e. The number of nitrogens with zero attached hydrogens (tertiary/aromatic N) is 1. The molecule has 1 saturated carbocycles. The molecule has 2 aliphatic carbocycles. The Balaban J connectivity index is 2.13. The van der Waals surface area contributed by atoms with Crippen molar-refractivity contribution < 1.29 is 9.59 Å². The van der Waals surface area contributed by atoms with E-state index in [1.165, 1.54) is 0 Å². The lowest BCUT2D eigenvalue weighted by molar-refractivity contribution is -0.147. The van der Waals surface area contributed by atoms with E-state index in [9.17, 15) is 9.59 Å². The maximum absolute atomic E-state index is 12.3. The predicted molar refractivity (Wildman–Crippen MR) is 65.0 cm³/mol. The maximum atomic E-state index is 12.3. The van der Waals surface area contributed by atoms with E-state index < -0.39 is 5.54 Å². The van der Waals surface area contributed by atoms with Crippen LogP contribution < -0.4 is 5.73 Å². The lowest BCUT2D eigenvalue weighted by Gasteiger charge is -2.37. The van der Waals surface area contributed by atoms with Gasteiger partial charge in [-0.15, -0.1) is 0 Å². The highest BCUT2D eigenvalue weighted by Gasteiger charge is 2.46. The number of likely N-dealkylation sites (N-methyl/N-ethyl adjacent to an activating group) is 1. The van der Waals surface area contributed by atoms with Gasteiger partial charge in [-0.1, -0.05) is 25.0 Å². The van der Waals surface area contributed by atoms with Crippen LogP contribution in [0.5, 0.6) is 0 Å². The fraction of sp³-hybridized carbons (Fsp3) is 0.692. The summed E-state index contributed by atoms with van der Waals surface area (Å²) in [6, 6.07) is 0. The molecule has 0 aliphatic heterocycles. The Kier molecular flexibility index (Phi) is 3.22. The number of carbonyl (C=O) groups excluding carboxylic acids is 2. The van der Waals surface area contributed by atoms with Crippen LogP contribution in [0.4, 0.5) is 0 Å². The molecule has 0 spiro atoms. The molecule has 2 aliphatic rings. The number of nitrogens with two attached hydrogens (primary N) is 1. The fourth-order valence-electron chi connectivity index (χ4n) is 3.01. The van der Waals surface area contributed by atoms with Crippen LogP contribution >= 0.6 is 0 Å². The Labute approximate surface area is 102 Å². The summed E-state index contributed by atoms with van der Waals surface area (Å²) in [5.41, 5.74) is 4.80. The molecule has 17 heavy (non-hydrogen) atoms. The van der Waals surface area contributed by atoms with E-state index in [1.807, 2.05) is 12.2 Å². The number of allylic oxidation sites excluding steroid dienone is 2. The molecule has 2 amide bonds. The number of rotatable bonds is 3. The van der Waals surface area contributed by atoms with Gasteiger partial charge in [0.25, 0.3) is 0 Å². The molecule has 0 unspecified atom stereocenters. The van der Waals surface area contributed by atoms with Gasteiger partial charge in [0.05, 0.1) is 0 Å². The monoisotopic (exact) mass is 236 g/mol. The summed E-state index contributed by atoms with van der Waals surface area (Å²) in [6.45, 7) is 0. The topological polar surface area (TPSA) is 63.4 Å². The first-order chi connectivity index (χ1) is 8.08. The third kappa shape index (κ3) is 1.96. The van der Waals surface area contributed by atoms with E-state index in [4.69, 9.17) is 5.73 Å². The number of primary amides is 1. The normalized spacial score (nSPS) is 22.9. The van der Waals surface area contributed by atoms with Crippen LogP contribution in [0, 0.1) is 5.92 Å². The minimum atomic E-state index is -0.723. The Morgan fingerprint density at radius 3 is 2.24 bits per heavy atom. The van der Waals surface area contributed by atoms with Crippen molar-refractivity contribution in [1.82, 2.24) is 4.90 Å². The highest BCUT2D eigenvalue weighted by molar-refractivity contribution is 5.91. The van der Waals surface area contributed by atoms with Crippen molar-refractivity contribution in [2.24, 2.45) is 11.7 Å². The molecule has 0 aromatic carbocycles. The summed E-state index contributed by atoms with van der Waals surface area (Å²) >= 11 is 0. The highest BCUT2D eigenvalue weighted by Crippen LogP contribution is 2.36. The average Bonchev–Trinajstić information content (AvgIpc) is 2.98. The van der Waals surface area contributed by atoms with Crippen molar-refractivity contribution in [3.8, 4) is 0 Å². The van der Waals surface area contributed by atoms with E-state index in [2.05, 4.69) is 0 Å². The summed E-state index contributed by atoms with van der Waals surface area (Å²) in [5.74, 6) is -0.274. The number of carbonyl (C=O) groups is 2. The van der Waals surface area contributed by atoms with Crippen LogP contribution in [0.2, 0.25) is 0 Å². The van der Waals surface area contributed by atoms with Gasteiger partial charge in [-0.25, -0.2) is 0 Å². The first-order valence-electron chi connectivity index (χ1n) is 6.30. The second-order valence-corrected chi connectivity index (χ2v) is 5.14. The van der Waals surface area contributed by atoms with Gasteiger partial charge in [0.2, 0.25) is 11.8 Å². The zero-order chi connectivity index (χ0) is 12.5. The van der Waals surface area contributed by atoms with E-state index >= 15 is 0 Å². The SMILES string of the molecule is CN(C(=O)C1CC=CC1)C1(C(N)=O)CCCC1. The van der Waals surface area contributed by atoms with Crippen LogP contribution in [-0.2, 0) is 9.59 Å². The number of amides is 2. The van der Waals surface area contributed by atoms with Gasteiger partial charge in [0.15, 0.2) is 0 Å². The Morgan fingerprint density at radius 1 is 1.24 bits per heavy atom. The molecular formula is C13H20N2O2. The minimum Gasteiger partial charge on any atom is -0.368 e. The second-order valence-electron chi connectivity index (χ2n) is 5.14. The molecule has 2 rings (SSSR count). The van der Waals surface area contributed by atoms with Crippen molar-refractivity contribution in [3.05, 3.63) is 12.2 Å². The zero-order valence-electron chi connectivity index (χ0n) is 10.3. The molecule has 0 radical (unpaired) electrons. The Morgan fingerprint density at radius 2 is 1.76 bits per heavy atom. The van der Waals surface area contributed by atoms with Crippen LogP contribution in [0.3, 0.4) is 0 Å². The molecule has 4 nitrogen and oxygen atoms in total. The largest absolute Gasteiger partial charge is 0.368 e. The molecule has 0 aromatic heterocycles. The number of hydrogen-bond donors (Lipinski definition) is 1. The van der Waals surface area contributed by atoms with E-state index in [1.54, 1.807) is 11.9 Å². The van der Waals surface area contributed by atoms with Gasteiger partial charge in [-0.2, -0.15) is 0 Å². The van der Waals surface area contributed by atoms with Crippen molar-refractivity contribution in [1.29, 1.82) is 0 Å². The van der Waals surface area contributed by atoms with Gasteiger partial charge >= 0.3 is 0 Å². The van der Waals surface area contributed by atoms with Crippen LogP contribution in [0.1, 0.15) is 38.5 Å². The van der Waals surface area contributed by atoms with Gasteiger partial charge in [-0.3, -0.25) is 9.59 Å². The Bertz CT molecular complexity index is 348. The fourth-order valence-corrected chi connectivity index (χ4v) is 3.01. The molecular weight excluding hydrogens is 216 g/mol. The van der Waals surface area contributed by atoms with Crippen LogP contribution in [0.15, 0.2) is 12.2 Å². The lowest BCUT2D eigenvalue weighted by Crippen LogP contribution is -2.57. The summed E-state index contributed by atoms with van der Waals surface area (Å²) in [5, 5.41) is 0. The summed E-state index contributed by atoms with van der Waals surface area (Å²) in [7, 11) is 1.73. The van der Waals surface area contributed by atoms with Gasteiger partial charge in [0.1, 0.15) is 5.54 Å². The first-order valence-corrected chi connectivity index (χ1v) is 6.30. The summed E-state index contributed by atoms with van der Waals surface area (Å²) < 4.78 is 0. The van der Waals surface area contributed by atoms with Crippen LogP contribution in [-0.4, -0.2) is 29.3 Å². The second kappa shape index (κ2) is 4.51. The molecule has 2 N–H and O–H groups in total. The molecule has 0 bridgehead atoms. The minimum absolute atomic E-state index is 0.0109. The third-order valence-electron chi connectivity index (χ3n) is 4.22. The molecule has 94 valence electrons. The molecule has 0 atom stereocenters. The van der Waals surface area contributed by atoms with Gasteiger partial charge in [-0.05, 0) is 25.7 Å². The smallest absolute Gasteiger partial charge is 0.243 e. The van der Waals surface area contributed by atoms with Crippen molar-refractivity contribution in [3.63, 3.8) is 0 Å². The standard InChI is InChI=1S/C13H20N2O2/c1-15(11(16)10-6-2-3-7-10)13(12(14)17)8-4-5-9-13/h2-3,10H,4-9H2,1H3,(H2,14,17). The number of hydrogen-bond acceptors (Lipinski definition) is 2. The summed E-state index contributed by atoms with van der Waals surface area (Å²) in [6.07, 6.45) is 9.02. The average molecular weight is 236 g/mol. The quantitative estimate of drug-likeness (QED) is 0.749. The van der Waals surface area contributed by atoms with E-state index in [0.29, 0.717) is 12.8 Å². The third-order valence-corrected chi connectivity index (χ3v) is 4.22. The lowest BCUT2D eigenvalue weighted by atomic mass is 9.92.